The lowest BCUT2D eigenvalue weighted by atomic mass is 10.2. The van der Waals surface area contributed by atoms with E-state index in [4.69, 9.17) is 4.74 Å². The van der Waals surface area contributed by atoms with Crippen molar-refractivity contribution >= 4 is 16.6 Å². The molecule has 2 N–H and O–H groups in total. The molecule has 120 valence electrons. The SMILES string of the molecule is COc1cccc2[nH]c(CNc3ccccc3-n3cccn3)cc12. The van der Waals surface area contributed by atoms with E-state index in [2.05, 4.69) is 33.6 Å². The maximum Gasteiger partial charge on any atom is 0.128 e. The van der Waals surface area contributed by atoms with Gasteiger partial charge in [0.1, 0.15) is 5.75 Å². The van der Waals surface area contributed by atoms with Crippen LogP contribution in [0.15, 0.2) is 67.0 Å². The summed E-state index contributed by atoms with van der Waals surface area (Å²) in [5, 5.41) is 8.89. The van der Waals surface area contributed by atoms with Crippen LogP contribution in [-0.4, -0.2) is 21.9 Å². The van der Waals surface area contributed by atoms with Gasteiger partial charge in [-0.25, -0.2) is 4.68 Å². The van der Waals surface area contributed by atoms with Crippen LogP contribution in [0.5, 0.6) is 5.75 Å². The van der Waals surface area contributed by atoms with E-state index in [1.165, 1.54) is 0 Å². The molecule has 0 bridgehead atoms. The van der Waals surface area contributed by atoms with E-state index in [0.717, 1.165) is 33.7 Å². The van der Waals surface area contributed by atoms with Gasteiger partial charge in [-0.2, -0.15) is 5.10 Å². The zero-order valence-electron chi connectivity index (χ0n) is 13.4. The Morgan fingerprint density at radius 2 is 2.04 bits per heavy atom. The third-order valence-electron chi connectivity index (χ3n) is 4.02. The van der Waals surface area contributed by atoms with Gasteiger partial charge in [0, 0.05) is 29.0 Å². The fraction of sp³-hybridized carbons (Fsp3) is 0.105. The number of hydrogen-bond acceptors (Lipinski definition) is 3. The molecule has 0 saturated heterocycles. The molecule has 0 aliphatic carbocycles. The van der Waals surface area contributed by atoms with Crippen molar-refractivity contribution in [3.8, 4) is 11.4 Å². The number of aromatic nitrogens is 3. The Morgan fingerprint density at radius 1 is 1.12 bits per heavy atom. The number of ether oxygens (including phenoxy) is 1. The second-order valence-electron chi connectivity index (χ2n) is 5.54. The number of benzene rings is 2. The number of methoxy groups -OCH3 is 1. The van der Waals surface area contributed by atoms with Gasteiger partial charge in [-0.1, -0.05) is 18.2 Å². The Balaban J connectivity index is 1.60. The van der Waals surface area contributed by atoms with Gasteiger partial charge in [-0.3, -0.25) is 0 Å². The average molecular weight is 318 g/mol. The molecule has 2 heterocycles. The summed E-state index contributed by atoms with van der Waals surface area (Å²) in [6.45, 7) is 0.691. The van der Waals surface area contributed by atoms with Gasteiger partial charge in [0.25, 0.3) is 0 Å². The van der Waals surface area contributed by atoms with E-state index >= 15 is 0 Å². The minimum atomic E-state index is 0.691. The number of fused-ring (bicyclic) bond motifs is 1. The normalized spacial score (nSPS) is 10.9. The topological polar surface area (TPSA) is 54.9 Å². The molecule has 0 amide bonds. The molecule has 0 saturated carbocycles. The summed E-state index contributed by atoms with van der Waals surface area (Å²) in [5.41, 5.74) is 4.24. The third-order valence-corrected chi connectivity index (χ3v) is 4.02. The maximum atomic E-state index is 5.42. The highest BCUT2D eigenvalue weighted by atomic mass is 16.5. The van der Waals surface area contributed by atoms with Crippen LogP contribution in [0.2, 0.25) is 0 Å². The number of aromatic amines is 1. The van der Waals surface area contributed by atoms with Crippen molar-refractivity contribution in [3.63, 3.8) is 0 Å². The summed E-state index contributed by atoms with van der Waals surface area (Å²) >= 11 is 0. The Labute approximate surface area is 139 Å². The highest BCUT2D eigenvalue weighted by molar-refractivity contribution is 5.86. The maximum absolute atomic E-state index is 5.42. The minimum Gasteiger partial charge on any atom is -0.496 e. The first-order chi connectivity index (χ1) is 11.8. The number of anilines is 1. The molecule has 0 atom stereocenters. The molecule has 4 rings (SSSR count). The summed E-state index contributed by atoms with van der Waals surface area (Å²) < 4.78 is 7.28. The van der Waals surface area contributed by atoms with Crippen LogP contribution in [0.1, 0.15) is 5.69 Å². The van der Waals surface area contributed by atoms with Crippen LogP contribution in [0, 0.1) is 0 Å². The van der Waals surface area contributed by atoms with Crippen molar-refractivity contribution in [3.05, 3.63) is 72.7 Å². The number of nitrogens with one attached hydrogen (secondary N) is 2. The van der Waals surface area contributed by atoms with Crippen molar-refractivity contribution in [2.75, 3.05) is 12.4 Å². The van der Waals surface area contributed by atoms with E-state index < -0.39 is 0 Å². The predicted molar refractivity (Wildman–Crippen MR) is 95.7 cm³/mol. The Hall–Kier alpha value is -3.21. The number of nitrogens with zero attached hydrogens (tertiary/aromatic N) is 2. The molecular formula is C19H18N4O. The molecule has 0 unspecified atom stereocenters. The summed E-state index contributed by atoms with van der Waals surface area (Å²) in [7, 11) is 1.69. The zero-order chi connectivity index (χ0) is 16.4. The summed E-state index contributed by atoms with van der Waals surface area (Å²) in [5.74, 6) is 0.881. The van der Waals surface area contributed by atoms with Crippen LogP contribution in [0.4, 0.5) is 5.69 Å². The Bertz CT molecular complexity index is 957. The molecular weight excluding hydrogens is 300 g/mol. The molecule has 0 fully saturated rings. The molecule has 0 radical (unpaired) electrons. The van der Waals surface area contributed by atoms with Gasteiger partial charge in [0.05, 0.1) is 25.0 Å². The van der Waals surface area contributed by atoms with Crippen LogP contribution in [0.25, 0.3) is 16.6 Å². The van der Waals surface area contributed by atoms with Crippen LogP contribution < -0.4 is 10.1 Å². The number of H-pyrrole nitrogens is 1. The lowest BCUT2D eigenvalue weighted by Gasteiger charge is -2.11. The van der Waals surface area contributed by atoms with Crippen molar-refractivity contribution in [2.45, 2.75) is 6.54 Å². The molecule has 2 aromatic heterocycles. The second-order valence-corrected chi connectivity index (χ2v) is 5.54. The summed E-state index contributed by atoms with van der Waals surface area (Å²) in [6.07, 6.45) is 3.72. The van der Waals surface area contributed by atoms with Crippen LogP contribution >= 0.6 is 0 Å². The first-order valence-corrected chi connectivity index (χ1v) is 7.82. The molecule has 0 aliphatic rings. The van der Waals surface area contributed by atoms with Crippen LogP contribution in [0.3, 0.4) is 0 Å². The second kappa shape index (κ2) is 6.12. The van der Waals surface area contributed by atoms with Crippen LogP contribution in [-0.2, 0) is 6.54 Å². The van der Waals surface area contributed by atoms with E-state index in [9.17, 15) is 0 Å². The Kier molecular flexibility index (Phi) is 3.67. The van der Waals surface area contributed by atoms with Gasteiger partial charge in [-0.05, 0) is 36.4 Å². The third kappa shape index (κ3) is 2.60. The quantitative estimate of drug-likeness (QED) is 0.585. The van der Waals surface area contributed by atoms with Gasteiger partial charge in [-0.15, -0.1) is 0 Å². The average Bonchev–Trinajstić information content (AvgIpc) is 3.29. The lowest BCUT2D eigenvalue weighted by Crippen LogP contribution is -2.04. The van der Waals surface area contributed by atoms with Crippen molar-refractivity contribution in [1.82, 2.24) is 14.8 Å². The van der Waals surface area contributed by atoms with Gasteiger partial charge < -0.3 is 15.0 Å². The summed E-state index contributed by atoms with van der Waals surface area (Å²) in [6, 6.07) is 18.2. The standard InChI is InChI=1S/C19H18N4O/c1-24-19-9-4-7-16-15(19)12-14(22-16)13-20-17-6-2-3-8-18(17)23-11-5-10-21-23/h2-12,20,22H,13H2,1H3. The van der Waals surface area contributed by atoms with Crippen molar-refractivity contribution in [1.29, 1.82) is 0 Å². The fourth-order valence-electron chi connectivity index (χ4n) is 2.88. The monoisotopic (exact) mass is 318 g/mol. The number of rotatable bonds is 5. The predicted octanol–water partition coefficient (Wildman–Crippen LogP) is 3.97. The van der Waals surface area contributed by atoms with E-state index in [1.54, 1.807) is 13.3 Å². The lowest BCUT2D eigenvalue weighted by molar-refractivity contribution is 0.420. The Morgan fingerprint density at radius 3 is 2.88 bits per heavy atom. The highest BCUT2D eigenvalue weighted by Gasteiger charge is 2.07. The van der Waals surface area contributed by atoms with Gasteiger partial charge >= 0.3 is 0 Å². The van der Waals surface area contributed by atoms with Crippen molar-refractivity contribution in [2.24, 2.45) is 0 Å². The number of hydrogen-bond donors (Lipinski definition) is 2. The molecule has 5 nitrogen and oxygen atoms in total. The smallest absolute Gasteiger partial charge is 0.128 e. The largest absolute Gasteiger partial charge is 0.496 e. The van der Waals surface area contributed by atoms with E-state index in [0.29, 0.717) is 6.54 Å². The molecule has 5 heteroatoms. The number of para-hydroxylation sites is 2. The molecule has 2 aromatic carbocycles. The van der Waals surface area contributed by atoms with Gasteiger partial charge in [0.2, 0.25) is 0 Å². The molecule has 0 spiro atoms. The fourth-order valence-corrected chi connectivity index (χ4v) is 2.88. The minimum absolute atomic E-state index is 0.691. The zero-order valence-corrected chi connectivity index (χ0v) is 13.4. The summed E-state index contributed by atoms with van der Waals surface area (Å²) in [4.78, 5) is 3.43. The van der Waals surface area contributed by atoms with Gasteiger partial charge in [0.15, 0.2) is 0 Å². The molecule has 0 aliphatic heterocycles. The molecule has 4 aromatic rings. The first kappa shape index (κ1) is 14.4. The van der Waals surface area contributed by atoms with Crippen molar-refractivity contribution < 1.29 is 4.74 Å². The highest BCUT2D eigenvalue weighted by Crippen LogP contribution is 2.27. The van der Waals surface area contributed by atoms with E-state index in [1.807, 2.05) is 47.3 Å². The molecule has 24 heavy (non-hydrogen) atoms. The van der Waals surface area contributed by atoms with E-state index in [-0.39, 0.29) is 0 Å². The first-order valence-electron chi connectivity index (χ1n) is 7.82.